The molecule has 0 spiro atoms. The molecule has 3 aromatic carbocycles. The molecule has 1 aliphatic rings. The van der Waals surface area contributed by atoms with Crippen LogP contribution in [-0.2, 0) is 11.2 Å². The molecule has 1 atom stereocenters. The van der Waals surface area contributed by atoms with Gasteiger partial charge in [-0.15, -0.1) is 0 Å². The second kappa shape index (κ2) is 9.58. The lowest BCUT2D eigenvalue weighted by Gasteiger charge is -2.15. The van der Waals surface area contributed by atoms with Gasteiger partial charge < -0.3 is 0 Å². The van der Waals surface area contributed by atoms with Crippen molar-refractivity contribution in [2.24, 2.45) is 0 Å². The summed E-state index contributed by atoms with van der Waals surface area (Å²) in [6.45, 7) is 6.13. The third-order valence-corrected chi connectivity index (χ3v) is 6.70. The van der Waals surface area contributed by atoms with Crippen molar-refractivity contribution in [2.75, 3.05) is 4.90 Å². The van der Waals surface area contributed by atoms with Crippen molar-refractivity contribution in [1.82, 2.24) is 0 Å². The molecular weight excluding hydrogens is 414 g/mol. The molecule has 1 heterocycles. The van der Waals surface area contributed by atoms with E-state index in [1.807, 2.05) is 31.2 Å². The fraction of sp³-hybridized carbons (Fsp3) is 0.214. The van der Waals surface area contributed by atoms with Crippen LogP contribution in [-0.4, -0.2) is 16.4 Å². The van der Waals surface area contributed by atoms with Gasteiger partial charge in [0.2, 0.25) is 5.91 Å². The molecule has 1 fully saturated rings. The minimum absolute atomic E-state index is 0.137. The Balaban J connectivity index is 1.59. The van der Waals surface area contributed by atoms with Crippen LogP contribution >= 0.6 is 11.8 Å². The van der Waals surface area contributed by atoms with Crippen molar-refractivity contribution >= 4 is 34.7 Å². The molecule has 1 unspecified atom stereocenters. The summed E-state index contributed by atoms with van der Waals surface area (Å²) in [6, 6.07) is 24.4. The van der Waals surface area contributed by atoms with Crippen molar-refractivity contribution < 1.29 is 9.59 Å². The van der Waals surface area contributed by atoms with Gasteiger partial charge >= 0.3 is 0 Å². The molecule has 0 N–H and O–H groups in total. The van der Waals surface area contributed by atoms with Gasteiger partial charge in [-0.25, -0.2) is 4.90 Å². The van der Waals surface area contributed by atoms with E-state index in [2.05, 4.69) is 68.5 Å². The van der Waals surface area contributed by atoms with Gasteiger partial charge in [0.15, 0.2) is 0 Å². The number of nitrogens with zero attached hydrogens (tertiary/aromatic N) is 1. The average molecular weight is 442 g/mol. The molecule has 162 valence electrons. The molecule has 0 radical (unpaired) electrons. The number of carbonyl (C=O) groups excluding carboxylic acids is 2. The van der Waals surface area contributed by atoms with E-state index in [4.69, 9.17) is 0 Å². The number of anilines is 1. The summed E-state index contributed by atoms with van der Waals surface area (Å²) in [5.74, 6) is -0.137. The monoisotopic (exact) mass is 441 g/mol. The number of hydrogen-bond acceptors (Lipinski definition) is 3. The van der Waals surface area contributed by atoms with Crippen LogP contribution in [0.3, 0.4) is 0 Å². The maximum atomic E-state index is 13.2. The SMILES string of the molecule is Cc1ccc(C=C(Cc2ccc(C)cc2)CC2SC(=O)N(c3ccc(C)cc3)C2=O)cc1. The highest BCUT2D eigenvalue weighted by Gasteiger charge is 2.40. The van der Waals surface area contributed by atoms with Crippen molar-refractivity contribution in [3.63, 3.8) is 0 Å². The number of imide groups is 1. The molecule has 0 aliphatic carbocycles. The van der Waals surface area contributed by atoms with Gasteiger partial charge in [-0.1, -0.05) is 101 Å². The van der Waals surface area contributed by atoms with Gasteiger partial charge in [0.05, 0.1) is 10.9 Å². The molecule has 3 nitrogen and oxygen atoms in total. The van der Waals surface area contributed by atoms with Crippen LogP contribution in [0.2, 0.25) is 0 Å². The van der Waals surface area contributed by atoms with E-state index in [-0.39, 0.29) is 11.1 Å². The Kier molecular flexibility index (Phi) is 6.61. The van der Waals surface area contributed by atoms with Crippen LogP contribution in [0.15, 0.2) is 78.4 Å². The number of aryl methyl sites for hydroxylation is 3. The Hall–Kier alpha value is -3.11. The van der Waals surface area contributed by atoms with Crippen molar-refractivity contribution in [3.05, 3.63) is 106 Å². The number of rotatable bonds is 6. The normalized spacial score (nSPS) is 16.7. The highest BCUT2D eigenvalue weighted by Crippen LogP contribution is 2.36. The Bertz CT molecular complexity index is 1150. The molecule has 1 saturated heterocycles. The predicted molar refractivity (Wildman–Crippen MR) is 134 cm³/mol. The summed E-state index contributed by atoms with van der Waals surface area (Å²) >= 11 is 1.13. The number of benzene rings is 3. The fourth-order valence-electron chi connectivity index (χ4n) is 3.80. The van der Waals surface area contributed by atoms with E-state index in [1.54, 1.807) is 0 Å². The first-order valence-electron chi connectivity index (χ1n) is 10.8. The van der Waals surface area contributed by atoms with Gasteiger partial charge in [-0.05, 0) is 56.9 Å². The highest BCUT2D eigenvalue weighted by molar-refractivity contribution is 8.15. The quantitative estimate of drug-likeness (QED) is 0.418. The summed E-state index contributed by atoms with van der Waals surface area (Å²) in [5, 5.41) is -0.611. The third-order valence-electron chi connectivity index (χ3n) is 5.66. The summed E-state index contributed by atoms with van der Waals surface area (Å²) in [6.07, 6.45) is 3.45. The molecule has 2 amide bonds. The Morgan fingerprint density at radius 1 is 0.812 bits per heavy atom. The largest absolute Gasteiger partial charge is 0.293 e. The topological polar surface area (TPSA) is 37.4 Å². The molecule has 3 aromatic rings. The lowest BCUT2D eigenvalue weighted by atomic mass is 9.97. The van der Waals surface area contributed by atoms with Crippen LogP contribution in [0.5, 0.6) is 0 Å². The lowest BCUT2D eigenvalue weighted by Crippen LogP contribution is -2.31. The molecule has 32 heavy (non-hydrogen) atoms. The molecule has 4 rings (SSSR count). The average Bonchev–Trinajstić information content (AvgIpc) is 3.05. The maximum Gasteiger partial charge on any atom is 0.293 e. The number of amides is 2. The van der Waals surface area contributed by atoms with Crippen LogP contribution in [0.1, 0.15) is 34.2 Å². The first-order chi connectivity index (χ1) is 15.4. The summed E-state index contributed by atoms with van der Waals surface area (Å²) in [5.41, 5.74) is 7.62. The molecule has 0 saturated carbocycles. The van der Waals surface area contributed by atoms with Gasteiger partial charge in [0, 0.05) is 0 Å². The smallest absolute Gasteiger partial charge is 0.273 e. The van der Waals surface area contributed by atoms with Gasteiger partial charge in [-0.3, -0.25) is 9.59 Å². The molecule has 0 bridgehead atoms. The van der Waals surface area contributed by atoms with Crippen LogP contribution in [0, 0.1) is 20.8 Å². The fourth-order valence-corrected chi connectivity index (χ4v) is 4.85. The maximum absolute atomic E-state index is 13.2. The molecule has 0 aromatic heterocycles. The van der Waals surface area contributed by atoms with Gasteiger partial charge in [0.25, 0.3) is 5.24 Å². The molecule has 1 aliphatic heterocycles. The van der Waals surface area contributed by atoms with E-state index in [9.17, 15) is 9.59 Å². The lowest BCUT2D eigenvalue weighted by molar-refractivity contribution is -0.117. The minimum Gasteiger partial charge on any atom is -0.273 e. The van der Waals surface area contributed by atoms with E-state index in [0.717, 1.165) is 34.9 Å². The van der Waals surface area contributed by atoms with Crippen LogP contribution < -0.4 is 4.90 Å². The molecule has 4 heteroatoms. The van der Waals surface area contributed by atoms with Gasteiger partial charge in [-0.2, -0.15) is 0 Å². The summed E-state index contributed by atoms with van der Waals surface area (Å²) < 4.78 is 0. The first kappa shape index (κ1) is 22.1. The standard InChI is InChI=1S/C28H27NO2S/c1-19-4-10-22(11-5-19)16-24(17-23-12-6-20(2)7-13-23)18-26-27(30)29(28(31)32-26)25-14-8-21(3)9-15-25/h4-16,26H,17-18H2,1-3H3. The van der Waals surface area contributed by atoms with E-state index in [1.165, 1.54) is 21.6 Å². The third kappa shape index (κ3) is 5.20. The Morgan fingerprint density at radius 3 is 1.94 bits per heavy atom. The van der Waals surface area contributed by atoms with Crippen LogP contribution in [0.4, 0.5) is 10.5 Å². The van der Waals surface area contributed by atoms with Crippen LogP contribution in [0.25, 0.3) is 6.08 Å². The second-order valence-electron chi connectivity index (χ2n) is 8.46. The van der Waals surface area contributed by atoms with Gasteiger partial charge in [0.1, 0.15) is 0 Å². The number of hydrogen-bond donors (Lipinski definition) is 0. The Labute approximate surface area is 194 Å². The zero-order valence-corrected chi connectivity index (χ0v) is 19.5. The van der Waals surface area contributed by atoms with Crippen molar-refractivity contribution in [1.29, 1.82) is 0 Å². The number of allylic oxidation sites excluding steroid dienone is 1. The minimum atomic E-state index is -0.411. The van der Waals surface area contributed by atoms with E-state index < -0.39 is 5.25 Å². The predicted octanol–water partition coefficient (Wildman–Crippen LogP) is 6.90. The summed E-state index contributed by atoms with van der Waals surface area (Å²) in [4.78, 5) is 27.2. The van der Waals surface area contributed by atoms with Crippen molar-refractivity contribution in [3.8, 4) is 0 Å². The van der Waals surface area contributed by atoms with Crippen molar-refractivity contribution in [2.45, 2.75) is 38.9 Å². The first-order valence-corrected chi connectivity index (χ1v) is 11.7. The zero-order chi connectivity index (χ0) is 22.7. The second-order valence-corrected chi connectivity index (χ2v) is 9.62. The van der Waals surface area contributed by atoms with E-state index >= 15 is 0 Å². The summed E-state index contributed by atoms with van der Waals surface area (Å²) in [7, 11) is 0. The Morgan fingerprint density at radius 2 is 1.34 bits per heavy atom. The van der Waals surface area contributed by atoms with E-state index in [0.29, 0.717) is 12.1 Å². The number of carbonyl (C=O) groups is 2. The highest BCUT2D eigenvalue weighted by atomic mass is 32.2. The number of thioether (sulfide) groups is 1. The molecular formula is C28H27NO2S. The zero-order valence-electron chi connectivity index (χ0n) is 18.7.